The molecule has 3 heteroatoms. The third-order valence-corrected chi connectivity index (χ3v) is 3.59. The Hall–Kier alpha value is -2.31. The fraction of sp³-hybridized carbons (Fsp3) is 0.278. The van der Waals surface area contributed by atoms with Gasteiger partial charge < -0.3 is 10.6 Å². The molecule has 0 amide bonds. The lowest BCUT2D eigenvalue weighted by Gasteiger charge is -2.24. The molecule has 0 saturated heterocycles. The van der Waals surface area contributed by atoms with Gasteiger partial charge in [0.25, 0.3) is 0 Å². The van der Waals surface area contributed by atoms with E-state index < -0.39 is 0 Å². The average Bonchev–Trinajstić information content (AvgIpc) is 2.56. The van der Waals surface area contributed by atoms with E-state index in [0.29, 0.717) is 13.0 Å². The molecular formula is C18H21N3. The van der Waals surface area contributed by atoms with Gasteiger partial charge in [0.15, 0.2) is 0 Å². The van der Waals surface area contributed by atoms with Crippen molar-refractivity contribution in [2.24, 2.45) is 5.73 Å². The zero-order valence-electron chi connectivity index (χ0n) is 12.4. The predicted octanol–water partition coefficient (Wildman–Crippen LogP) is 4.15. The maximum absolute atomic E-state index is 8.86. The van der Waals surface area contributed by atoms with Gasteiger partial charge in [-0.1, -0.05) is 37.3 Å². The molecule has 2 aromatic rings. The summed E-state index contributed by atoms with van der Waals surface area (Å²) < 4.78 is 0. The quantitative estimate of drug-likeness (QED) is 0.864. The van der Waals surface area contributed by atoms with Gasteiger partial charge in [-0.2, -0.15) is 5.26 Å². The van der Waals surface area contributed by atoms with Crippen molar-refractivity contribution in [2.45, 2.75) is 25.8 Å². The van der Waals surface area contributed by atoms with Gasteiger partial charge >= 0.3 is 0 Å². The molecule has 0 heterocycles. The summed E-state index contributed by atoms with van der Waals surface area (Å²) in [6.45, 7) is 2.77. The maximum atomic E-state index is 8.86. The van der Waals surface area contributed by atoms with E-state index in [9.17, 15) is 0 Å². The van der Waals surface area contributed by atoms with Crippen molar-refractivity contribution in [1.82, 2.24) is 0 Å². The van der Waals surface area contributed by atoms with E-state index >= 15 is 0 Å². The van der Waals surface area contributed by atoms with Crippen molar-refractivity contribution in [3.8, 4) is 6.07 Å². The van der Waals surface area contributed by atoms with Crippen LogP contribution in [0.4, 0.5) is 11.4 Å². The minimum absolute atomic E-state index is 0.0864. The molecule has 2 aromatic carbocycles. The Bertz CT molecular complexity index is 584. The van der Waals surface area contributed by atoms with Gasteiger partial charge in [0, 0.05) is 24.0 Å². The summed E-state index contributed by atoms with van der Waals surface area (Å²) in [5.74, 6) is 0. The van der Waals surface area contributed by atoms with Crippen molar-refractivity contribution in [3.05, 3.63) is 60.2 Å². The van der Waals surface area contributed by atoms with Crippen LogP contribution in [0.5, 0.6) is 0 Å². The van der Waals surface area contributed by atoms with Gasteiger partial charge in [-0.05, 0) is 36.2 Å². The Morgan fingerprint density at radius 2 is 1.67 bits per heavy atom. The van der Waals surface area contributed by atoms with E-state index in [0.717, 1.165) is 23.4 Å². The van der Waals surface area contributed by atoms with Crippen LogP contribution in [0.1, 0.15) is 31.4 Å². The zero-order chi connectivity index (χ0) is 15.1. The van der Waals surface area contributed by atoms with Gasteiger partial charge in [-0.15, -0.1) is 0 Å². The van der Waals surface area contributed by atoms with Crippen LogP contribution in [0.3, 0.4) is 0 Å². The molecular weight excluding hydrogens is 258 g/mol. The number of nitriles is 1. The second-order valence-electron chi connectivity index (χ2n) is 5.00. The van der Waals surface area contributed by atoms with Gasteiger partial charge in [0.05, 0.1) is 12.5 Å². The zero-order valence-corrected chi connectivity index (χ0v) is 12.4. The van der Waals surface area contributed by atoms with Crippen LogP contribution in [-0.2, 0) is 0 Å². The molecule has 21 heavy (non-hydrogen) atoms. The van der Waals surface area contributed by atoms with Crippen molar-refractivity contribution in [2.75, 3.05) is 11.4 Å². The number of para-hydroxylation sites is 1. The lowest BCUT2D eigenvalue weighted by molar-refractivity contribution is 0.698. The summed E-state index contributed by atoms with van der Waals surface area (Å²) in [6.07, 6.45) is 1.42. The lowest BCUT2D eigenvalue weighted by Crippen LogP contribution is -2.18. The number of hydrogen-bond acceptors (Lipinski definition) is 3. The fourth-order valence-corrected chi connectivity index (χ4v) is 2.31. The summed E-state index contributed by atoms with van der Waals surface area (Å²) in [5, 5.41) is 8.86. The molecule has 0 aromatic heterocycles. The first-order chi connectivity index (χ1) is 10.3. The van der Waals surface area contributed by atoms with Crippen LogP contribution in [0.25, 0.3) is 0 Å². The van der Waals surface area contributed by atoms with E-state index in [2.05, 4.69) is 54.3 Å². The Kier molecular flexibility index (Phi) is 5.36. The molecule has 0 aliphatic rings. The molecule has 2 rings (SSSR count). The Balaban J connectivity index is 2.27. The molecule has 0 aliphatic carbocycles. The average molecular weight is 279 g/mol. The van der Waals surface area contributed by atoms with E-state index in [1.165, 1.54) is 0 Å². The van der Waals surface area contributed by atoms with E-state index in [4.69, 9.17) is 11.0 Å². The molecule has 0 saturated carbocycles. The topological polar surface area (TPSA) is 53.0 Å². The molecule has 0 fully saturated rings. The van der Waals surface area contributed by atoms with E-state index in [1.54, 1.807) is 0 Å². The fourth-order valence-electron chi connectivity index (χ4n) is 2.31. The predicted molar refractivity (Wildman–Crippen MR) is 87.3 cm³/mol. The molecule has 2 N–H and O–H groups in total. The summed E-state index contributed by atoms with van der Waals surface area (Å²) in [4.78, 5) is 2.16. The highest BCUT2D eigenvalue weighted by molar-refractivity contribution is 5.63. The SMILES string of the molecule is CC[C@@H](N)c1ccc(N(CCC#N)c2ccccc2)cc1. The first kappa shape index (κ1) is 15.1. The lowest BCUT2D eigenvalue weighted by atomic mass is 10.0. The van der Waals surface area contributed by atoms with Crippen LogP contribution < -0.4 is 10.6 Å². The summed E-state index contributed by atoms with van der Waals surface area (Å²) >= 11 is 0. The first-order valence-corrected chi connectivity index (χ1v) is 7.31. The molecule has 3 nitrogen and oxygen atoms in total. The van der Waals surface area contributed by atoms with Crippen LogP contribution in [0.15, 0.2) is 54.6 Å². The molecule has 0 spiro atoms. The minimum Gasteiger partial charge on any atom is -0.340 e. The second kappa shape index (κ2) is 7.47. The molecule has 1 atom stereocenters. The number of anilines is 2. The van der Waals surface area contributed by atoms with E-state index in [1.807, 2.05) is 18.2 Å². The number of benzene rings is 2. The summed E-state index contributed by atoms with van der Waals surface area (Å²) in [5.41, 5.74) is 9.39. The largest absolute Gasteiger partial charge is 0.340 e. The van der Waals surface area contributed by atoms with Crippen LogP contribution in [0, 0.1) is 11.3 Å². The number of hydrogen-bond donors (Lipinski definition) is 1. The maximum Gasteiger partial charge on any atom is 0.0640 e. The molecule has 108 valence electrons. The number of nitrogens with zero attached hydrogens (tertiary/aromatic N) is 2. The highest BCUT2D eigenvalue weighted by atomic mass is 15.1. The second-order valence-corrected chi connectivity index (χ2v) is 5.00. The first-order valence-electron chi connectivity index (χ1n) is 7.31. The summed E-state index contributed by atoms with van der Waals surface area (Å²) in [7, 11) is 0. The smallest absolute Gasteiger partial charge is 0.0640 e. The summed E-state index contributed by atoms with van der Waals surface area (Å²) in [6, 6.07) is 20.7. The van der Waals surface area contributed by atoms with Gasteiger partial charge in [-0.25, -0.2) is 0 Å². The molecule has 0 unspecified atom stereocenters. The van der Waals surface area contributed by atoms with Gasteiger partial charge in [0.2, 0.25) is 0 Å². The molecule has 0 bridgehead atoms. The Morgan fingerprint density at radius 1 is 1.05 bits per heavy atom. The molecule has 0 radical (unpaired) electrons. The monoisotopic (exact) mass is 279 g/mol. The van der Waals surface area contributed by atoms with Crippen molar-refractivity contribution in [3.63, 3.8) is 0 Å². The van der Waals surface area contributed by atoms with Crippen LogP contribution in [0.2, 0.25) is 0 Å². The number of rotatable bonds is 6. The Morgan fingerprint density at radius 3 is 2.24 bits per heavy atom. The minimum atomic E-state index is 0.0864. The van der Waals surface area contributed by atoms with Gasteiger partial charge in [-0.3, -0.25) is 0 Å². The third-order valence-electron chi connectivity index (χ3n) is 3.59. The highest BCUT2D eigenvalue weighted by Crippen LogP contribution is 2.26. The Labute approximate surface area is 126 Å². The number of nitrogens with two attached hydrogens (primary N) is 1. The standard InChI is InChI=1S/C18H21N3/c1-2-18(20)15-9-11-17(12-10-15)21(14-6-13-19)16-7-4-3-5-8-16/h3-5,7-12,18H,2,6,14,20H2,1H3/t18-/m1/s1. The van der Waals surface area contributed by atoms with Crippen molar-refractivity contribution < 1.29 is 0 Å². The van der Waals surface area contributed by atoms with E-state index in [-0.39, 0.29) is 6.04 Å². The van der Waals surface area contributed by atoms with Crippen LogP contribution >= 0.6 is 0 Å². The molecule has 0 aliphatic heterocycles. The van der Waals surface area contributed by atoms with Crippen molar-refractivity contribution >= 4 is 11.4 Å². The van der Waals surface area contributed by atoms with Gasteiger partial charge in [0.1, 0.15) is 0 Å². The normalized spacial score (nSPS) is 11.7. The van der Waals surface area contributed by atoms with Crippen LogP contribution in [-0.4, -0.2) is 6.54 Å². The van der Waals surface area contributed by atoms with Crippen molar-refractivity contribution in [1.29, 1.82) is 5.26 Å². The highest BCUT2D eigenvalue weighted by Gasteiger charge is 2.10. The third kappa shape index (κ3) is 3.84.